The molecule has 4 heteroatoms. The van der Waals surface area contributed by atoms with E-state index >= 15 is 0 Å². The minimum Gasteiger partial charge on any atom is -0.493 e. The van der Waals surface area contributed by atoms with Gasteiger partial charge in [0, 0.05) is 18.4 Å². The van der Waals surface area contributed by atoms with Crippen LogP contribution in [0.3, 0.4) is 0 Å². The zero-order valence-corrected chi connectivity index (χ0v) is 14.8. The number of ether oxygens (including phenoxy) is 2. The van der Waals surface area contributed by atoms with Crippen molar-refractivity contribution >= 4 is 5.91 Å². The minimum absolute atomic E-state index is 0.00112. The molecular formula is C21H25NO3. The van der Waals surface area contributed by atoms with Gasteiger partial charge in [0.15, 0.2) is 11.5 Å². The van der Waals surface area contributed by atoms with E-state index in [4.69, 9.17) is 9.47 Å². The van der Waals surface area contributed by atoms with E-state index in [1.165, 1.54) is 11.1 Å². The second kappa shape index (κ2) is 8.06. The highest BCUT2D eigenvalue weighted by molar-refractivity contribution is 5.80. The predicted molar refractivity (Wildman–Crippen MR) is 98.2 cm³/mol. The van der Waals surface area contributed by atoms with Gasteiger partial charge in [0.1, 0.15) is 0 Å². The van der Waals surface area contributed by atoms with Crippen LogP contribution in [0.2, 0.25) is 0 Å². The molecule has 2 aromatic rings. The Labute approximate surface area is 149 Å². The lowest BCUT2D eigenvalue weighted by Gasteiger charge is -2.30. The first-order valence-electron chi connectivity index (χ1n) is 8.83. The van der Waals surface area contributed by atoms with Gasteiger partial charge in [-0.05, 0) is 43.0 Å². The Morgan fingerprint density at radius 1 is 1.12 bits per heavy atom. The van der Waals surface area contributed by atoms with Gasteiger partial charge in [0.2, 0.25) is 5.91 Å². The molecule has 1 heterocycles. The van der Waals surface area contributed by atoms with Crippen molar-refractivity contribution < 1.29 is 14.3 Å². The molecule has 0 aromatic heterocycles. The molecule has 0 radical (unpaired) electrons. The van der Waals surface area contributed by atoms with Crippen LogP contribution in [0.5, 0.6) is 11.5 Å². The number of carbonyl (C=O) groups is 1. The van der Waals surface area contributed by atoms with Crippen molar-refractivity contribution in [3.05, 3.63) is 59.7 Å². The highest BCUT2D eigenvalue weighted by atomic mass is 16.5. The monoisotopic (exact) mass is 339 g/mol. The van der Waals surface area contributed by atoms with Gasteiger partial charge in [-0.25, -0.2) is 0 Å². The summed E-state index contributed by atoms with van der Waals surface area (Å²) in [4.78, 5) is 12.3. The Balaban J connectivity index is 1.76. The first-order chi connectivity index (χ1) is 12.2. The van der Waals surface area contributed by atoms with E-state index in [-0.39, 0.29) is 17.7 Å². The molecule has 132 valence electrons. The topological polar surface area (TPSA) is 47.6 Å². The molecule has 2 atom stereocenters. The lowest BCUT2D eigenvalue weighted by Crippen LogP contribution is -2.41. The standard InChI is InChI=1S/C21H25NO3/c1-3-25-20-13-16(9-10-19(20)24-2)18-12-17(21(23)22-14-18)11-15-7-5-4-6-8-15/h4-10,13,17-18H,3,11-12,14H2,1-2H3,(H,22,23)/t17-,18-/m1/s1. The molecule has 0 unspecified atom stereocenters. The predicted octanol–water partition coefficient (Wildman–Crippen LogP) is 3.56. The summed E-state index contributed by atoms with van der Waals surface area (Å²) in [6, 6.07) is 16.3. The lowest BCUT2D eigenvalue weighted by molar-refractivity contribution is -0.126. The molecule has 25 heavy (non-hydrogen) atoms. The van der Waals surface area contributed by atoms with Gasteiger partial charge in [-0.2, -0.15) is 0 Å². The number of methoxy groups -OCH3 is 1. The van der Waals surface area contributed by atoms with E-state index in [1.54, 1.807) is 7.11 Å². The molecule has 4 nitrogen and oxygen atoms in total. The number of amides is 1. The van der Waals surface area contributed by atoms with Gasteiger partial charge < -0.3 is 14.8 Å². The summed E-state index contributed by atoms with van der Waals surface area (Å²) in [5, 5.41) is 3.07. The largest absolute Gasteiger partial charge is 0.493 e. The summed E-state index contributed by atoms with van der Waals surface area (Å²) in [5.74, 6) is 1.94. The third-order valence-corrected chi connectivity index (χ3v) is 4.75. The average Bonchev–Trinajstić information content (AvgIpc) is 2.65. The average molecular weight is 339 g/mol. The van der Waals surface area contributed by atoms with Crippen LogP contribution in [-0.4, -0.2) is 26.2 Å². The summed E-state index contributed by atoms with van der Waals surface area (Å²) < 4.78 is 11.1. The normalized spacial score (nSPS) is 20.0. The van der Waals surface area contributed by atoms with Crippen molar-refractivity contribution in [1.82, 2.24) is 5.32 Å². The molecule has 0 aliphatic carbocycles. The molecular weight excluding hydrogens is 314 g/mol. The van der Waals surface area contributed by atoms with Gasteiger partial charge >= 0.3 is 0 Å². The smallest absolute Gasteiger partial charge is 0.223 e. The Bertz CT molecular complexity index is 714. The van der Waals surface area contributed by atoms with E-state index in [0.717, 1.165) is 24.3 Å². The zero-order chi connectivity index (χ0) is 17.6. The highest BCUT2D eigenvalue weighted by Crippen LogP contribution is 2.35. The van der Waals surface area contributed by atoms with Crippen LogP contribution in [0.15, 0.2) is 48.5 Å². The molecule has 0 saturated carbocycles. The van der Waals surface area contributed by atoms with Gasteiger partial charge in [-0.15, -0.1) is 0 Å². The van der Waals surface area contributed by atoms with Crippen molar-refractivity contribution in [3.63, 3.8) is 0 Å². The van der Waals surface area contributed by atoms with Crippen molar-refractivity contribution in [2.75, 3.05) is 20.3 Å². The number of benzene rings is 2. The quantitative estimate of drug-likeness (QED) is 0.875. The van der Waals surface area contributed by atoms with Crippen LogP contribution >= 0.6 is 0 Å². The van der Waals surface area contributed by atoms with E-state index in [1.807, 2.05) is 37.3 Å². The molecule has 0 spiro atoms. The lowest BCUT2D eigenvalue weighted by atomic mass is 9.82. The fourth-order valence-corrected chi connectivity index (χ4v) is 3.45. The molecule has 1 aliphatic rings. The Morgan fingerprint density at radius 3 is 2.64 bits per heavy atom. The van der Waals surface area contributed by atoms with Crippen molar-refractivity contribution in [3.8, 4) is 11.5 Å². The molecule has 1 amide bonds. The third-order valence-electron chi connectivity index (χ3n) is 4.75. The maximum atomic E-state index is 12.3. The van der Waals surface area contributed by atoms with Crippen LogP contribution in [0.4, 0.5) is 0 Å². The SMILES string of the molecule is CCOc1cc([C@H]2CNC(=O)[C@H](Cc3ccccc3)C2)ccc1OC. The zero-order valence-electron chi connectivity index (χ0n) is 14.8. The van der Waals surface area contributed by atoms with E-state index < -0.39 is 0 Å². The number of rotatable bonds is 6. The maximum Gasteiger partial charge on any atom is 0.223 e. The van der Waals surface area contributed by atoms with Crippen LogP contribution in [-0.2, 0) is 11.2 Å². The van der Waals surface area contributed by atoms with E-state index in [0.29, 0.717) is 13.2 Å². The first-order valence-corrected chi connectivity index (χ1v) is 8.83. The van der Waals surface area contributed by atoms with Crippen molar-refractivity contribution in [1.29, 1.82) is 0 Å². The molecule has 1 saturated heterocycles. The summed E-state index contributed by atoms with van der Waals surface area (Å²) in [5.41, 5.74) is 2.38. The molecule has 0 bridgehead atoms. The molecule has 1 fully saturated rings. The molecule has 1 aliphatic heterocycles. The summed E-state index contributed by atoms with van der Waals surface area (Å²) >= 11 is 0. The summed E-state index contributed by atoms with van der Waals surface area (Å²) in [6.07, 6.45) is 1.62. The second-order valence-electron chi connectivity index (χ2n) is 6.41. The molecule has 1 N–H and O–H groups in total. The van der Waals surface area contributed by atoms with Gasteiger partial charge in [-0.3, -0.25) is 4.79 Å². The molecule has 2 aromatic carbocycles. The van der Waals surface area contributed by atoms with Crippen LogP contribution < -0.4 is 14.8 Å². The fourth-order valence-electron chi connectivity index (χ4n) is 3.45. The van der Waals surface area contributed by atoms with Gasteiger partial charge in [0.05, 0.1) is 13.7 Å². The van der Waals surface area contributed by atoms with E-state index in [2.05, 4.69) is 23.5 Å². The Hall–Kier alpha value is -2.49. The summed E-state index contributed by atoms with van der Waals surface area (Å²) in [7, 11) is 1.65. The van der Waals surface area contributed by atoms with Crippen molar-refractivity contribution in [2.45, 2.75) is 25.7 Å². The highest BCUT2D eigenvalue weighted by Gasteiger charge is 2.29. The van der Waals surface area contributed by atoms with Gasteiger partial charge in [0.25, 0.3) is 0 Å². The maximum absolute atomic E-state index is 12.3. The van der Waals surface area contributed by atoms with Crippen LogP contribution in [0.1, 0.15) is 30.4 Å². The molecule has 3 rings (SSSR count). The summed E-state index contributed by atoms with van der Waals surface area (Å²) in [6.45, 7) is 3.22. The number of hydrogen-bond acceptors (Lipinski definition) is 3. The number of carbonyl (C=O) groups excluding carboxylic acids is 1. The van der Waals surface area contributed by atoms with Crippen molar-refractivity contribution in [2.24, 2.45) is 5.92 Å². The van der Waals surface area contributed by atoms with Gasteiger partial charge in [-0.1, -0.05) is 36.4 Å². The number of piperidine rings is 1. The Morgan fingerprint density at radius 2 is 1.92 bits per heavy atom. The third kappa shape index (κ3) is 4.13. The van der Waals surface area contributed by atoms with Crippen LogP contribution in [0.25, 0.3) is 0 Å². The number of nitrogens with one attached hydrogen (secondary N) is 1. The Kier molecular flexibility index (Phi) is 5.59. The number of hydrogen-bond donors (Lipinski definition) is 1. The van der Waals surface area contributed by atoms with E-state index in [9.17, 15) is 4.79 Å². The fraction of sp³-hybridized carbons (Fsp3) is 0.381. The van der Waals surface area contributed by atoms with Crippen LogP contribution in [0, 0.1) is 5.92 Å². The second-order valence-corrected chi connectivity index (χ2v) is 6.41. The first kappa shape index (κ1) is 17.3. The minimum atomic E-state index is -0.00112.